The summed E-state index contributed by atoms with van der Waals surface area (Å²) in [6.07, 6.45) is 0.920. The monoisotopic (exact) mass is 581 g/mol. The molecule has 3 heterocycles. The quantitative estimate of drug-likeness (QED) is 0.413. The van der Waals surface area contributed by atoms with Crippen LogP contribution in [0.2, 0.25) is 0 Å². The van der Waals surface area contributed by atoms with E-state index in [0.717, 1.165) is 29.8 Å². The number of hydrogen-bond donors (Lipinski definition) is 0. The maximum atomic E-state index is 13.6. The minimum Gasteiger partial charge on any atom is -0.497 e. The first-order valence-corrected chi connectivity index (χ1v) is 16.2. The molecule has 5 rings (SSSR count). The zero-order valence-corrected chi connectivity index (χ0v) is 25.6. The molecule has 0 unspecified atom stereocenters. The fourth-order valence-corrected chi connectivity index (χ4v) is 8.29. The highest BCUT2D eigenvalue weighted by molar-refractivity contribution is 7.89. The number of carbonyl (C=O) groups excluding carboxylic acids is 1. The van der Waals surface area contributed by atoms with Crippen molar-refractivity contribution in [3.8, 4) is 5.75 Å². The molecule has 214 valence electrons. The third kappa shape index (κ3) is 5.70. The van der Waals surface area contributed by atoms with Crippen LogP contribution in [0.3, 0.4) is 0 Å². The van der Waals surface area contributed by atoms with Crippen LogP contribution in [0.5, 0.6) is 5.75 Å². The molecular weight excluding hydrogens is 542 g/mol. The number of piperazine rings is 1. The van der Waals surface area contributed by atoms with Gasteiger partial charge < -0.3 is 9.64 Å². The van der Waals surface area contributed by atoms with Gasteiger partial charge in [0, 0.05) is 37.1 Å². The number of fused-ring (bicyclic) bond motifs is 1. The van der Waals surface area contributed by atoms with Crippen molar-refractivity contribution >= 4 is 27.3 Å². The fraction of sp³-hybridized carbons (Fsp3) is 0.452. The lowest BCUT2D eigenvalue weighted by molar-refractivity contribution is -0.135. The highest BCUT2D eigenvalue weighted by atomic mass is 32.2. The van der Waals surface area contributed by atoms with E-state index in [1.54, 1.807) is 34.9 Å². The summed E-state index contributed by atoms with van der Waals surface area (Å²) >= 11 is 1.77. The molecule has 1 fully saturated rings. The van der Waals surface area contributed by atoms with Crippen LogP contribution >= 0.6 is 11.3 Å². The van der Waals surface area contributed by atoms with Crippen molar-refractivity contribution in [1.82, 2.24) is 14.1 Å². The standard InChI is InChI=1S/C31H39N3O4S2/c1-22-20-32(17-18-34(22)40(36,37)26-12-8-24(9-13-26)31(2,3)4)29(35)21-33-16-14-28-27(15-19-39-28)30(33)23-6-10-25(38-5)11-7-23/h6-13,15,19,22,30H,14,16-18,20-21H2,1-5H3/t22-,30+/m0/s1. The lowest BCUT2D eigenvalue weighted by Crippen LogP contribution is -2.57. The summed E-state index contributed by atoms with van der Waals surface area (Å²) in [6.45, 7) is 10.3. The Morgan fingerprint density at radius 1 is 1.00 bits per heavy atom. The van der Waals surface area contributed by atoms with Gasteiger partial charge in [0.05, 0.1) is 24.6 Å². The first kappa shape index (κ1) is 28.8. The molecule has 0 saturated carbocycles. The minimum absolute atomic E-state index is 0.0000152. The maximum Gasteiger partial charge on any atom is 0.243 e. The molecule has 1 aromatic heterocycles. The van der Waals surface area contributed by atoms with Crippen LogP contribution in [-0.4, -0.2) is 74.3 Å². The van der Waals surface area contributed by atoms with Gasteiger partial charge in [-0.1, -0.05) is 45.0 Å². The molecule has 3 aromatic rings. The highest BCUT2D eigenvalue weighted by Gasteiger charge is 2.37. The van der Waals surface area contributed by atoms with Crippen molar-refractivity contribution in [1.29, 1.82) is 0 Å². The molecule has 0 spiro atoms. The molecule has 2 atom stereocenters. The predicted molar refractivity (Wildman–Crippen MR) is 160 cm³/mol. The van der Waals surface area contributed by atoms with E-state index in [1.165, 1.54) is 10.4 Å². The minimum atomic E-state index is -3.65. The van der Waals surface area contributed by atoms with Crippen molar-refractivity contribution in [3.63, 3.8) is 0 Å². The normalized spacial score (nSPS) is 20.8. The van der Waals surface area contributed by atoms with Gasteiger partial charge in [0.2, 0.25) is 15.9 Å². The molecule has 2 aliphatic rings. The fourth-order valence-electron chi connectivity index (χ4n) is 5.78. The second-order valence-electron chi connectivity index (χ2n) is 11.8. The van der Waals surface area contributed by atoms with Gasteiger partial charge >= 0.3 is 0 Å². The van der Waals surface area contributed by atoms with Gasteiger partial charge in [0.1, 0.15) is 5.75 Å². The summed E-state index contributed by atoms with van der Waals surface area (Å²) in [5, 5.41) is 2.13. The Kier molecular flexibility index (Phi) is 8.12. The van der Waals surface area contributed by atoms with E-state index < -0.39 is 10.0 Å². The van der Waals surface area contributed by atoms with E-state index in [2.05, 4.69) is 49.3 Å². The number of benzene rings is 2. The number of carbonyl (C=O) groups is 1. The van der Waals surface area contributed by atoms with Gasteiger partial charge in [-0.15, -0.1) is 11.3 Å². The van der Waals surface area contributed by atoms with Gasteiger partial charge in [-0.2, -0.15) is 4.31 Å². The molecule has 9 heteroatoms. The Morgan fingerprint density at radius 3 is 2.33 bits per heavy atom. The number of thiophene rings is 1. The average Bonchev–Trinajstić information content (AvgIpc) is 3.41. The van der Waals surface area contributed by atoms with Crippen molar-refractivity contribution < 1.29 is 17.9 Å². The third-order valence-electron chi connectivity index (χ3n) is 8.08. The summed E-state index contributed by atoms with van der Waals surface area (Å²) in [5.74, 6) is 0.843. The average molecular weight is 582 g/mol. The molecule has 40 heavy (non-hydrogen) atoms. The summed E-state index contributed by atoms with van der Waals surface area (Å²) in [6, 6.07) is 17.1. The van der Waals surface area contributed by atoms with Crippen LogP contribution in [0, 0.1) is 0 Å². The van der Waals surface area contributed by atoms with Gasteiger partial charge in [0.25, 0.3) is 0 Å². The van der Waals surface area contributed by atoms with E-state index in [4.69, 9.17) is 4.74 Å². The van der Waals surface area contributed by atoms with E-state index >= 15 is 0 Å². The first-order chi connectivity index (χ1) is 19.0. The number of methoxy groups -OCH3 is 1. The molecule has 2 aromatic carbocycles. The van der Waals surface area contributed by atoms with Crippen LogP contribution < -0.4 is 4.74 Å². The SMILES string of the molecule is COc1ccc([C@@H]2c3ccsc3CCN2CC(=O)N2CCN(S(=O)(=O)c3ccc(C(C)(C)C)cc3)[C@@H](C)C2)cc1. The lowest BCUT2D eigenvalue weighted by Gasteiger charge is -2.41. The molecule has 0 bridgehead atoms. The van der Waals surface area contributed by atoms with Gasteiger partial charge in [0.15, 0.2) is 0 Å². The van der Waals surface area contributed by atoms with E-state index in [9.17, 15) is 13.2 Å². The second-order valence-corrected chi connectivity index (χ2v) is 14.7. The number of nitrogens with zero attached hydrogens (tertiary/aromatic N) is 3. The molecule has 2 aliphatic heterocycles. The lowest BCUT2D eigenvalue weighted by atomic mass is 9.87. The number of hydrogen-bond acceptors (Lipinski definition) is 6. The molecule has 0 aliphatic carbocycles. The van der Waals surface area contributed by atoms with E-state index in [-0.39, 0.29) is 30.0 Å². The zero-order valence-electron chi connectivity index (χ0n) is 24.0. The highest BCUT2D eigenvalue weighted by Crippen LogP contribution is 2.38. The van der Waals surface area contributed by atoms with Gasteiger partial charge in [-0.25, -0.2) is 8.42 Å². The van der Waals surface area contributed by atoms with Crippen molar-refractivity contribution in [2.45, 2.75) is 56.5 Å². The summed E-state index contributed by atoms with van der Waals surface area (Å²) in [5.41, 5.74) is 3.44. The van der Waals surface area contributed by atoms with Crippen LogP contribution in [0.4, 0.5) is 0 Å². The Hall–Kier alpha value is -2.72. The van der Waals surface area contributed by atoms with Crippen molar-refractivity contribution in [2.75, 3.05) is 39.8 Å². The Bertz CT molecular complexity index is 1440. The molecule has 1 saturated heterocycles. The predicted octanol–water partition coefficient (Wildman–Crippen LogP) is 4.92. The van der Waals surface area contributed by atoms with Crippen LogP contribution in [0.25, 0.3) is 0 Å². The zero-order chi connectivity index (χ0) is 28.7. The first-order valence-electron chi connectivity index (χ1n) is 13.8. The van der Waals surface area contributed by atoms with Gasteiger partial charge in [-0.05, 0) is 71.2 Å². The maximum absolute atomic E-state index is 13.6. The van der Waals surface area contributed by atoms with Gasteiger partial charge in [-0.3, -0.25) is 9.69 Å². The smallest absolute Gasteiger partial charge is 0.243 e. The van der Waals surface area contributed by atoms with Crippen LogP contribution in [-0.2, 0) is 26.7 Å². The third-order valence-corrected chi connectivity index (χ3v) is 11.1. The topological polar surface area (TPSA) is 70.2 Å². The van der Waals surface area contributed by atoms with Crippen LogP contribution in [0.1, 0.15) is 55.3 Å². The van der Waals surface area contributed by atoms with E-state index in [1.807, 2.05) is 36.1 Å². The summed E-state index contributed by atoms with van der Waals surface area (Å²) < 4.78 is 33.9. The van der Waals surface area contributed by atoms with Crippen LogP contribution in [0.15, 0.2) is 64.9 Å². The largest absolute Gasteiger partial charge is 0.497 e. The summed E-state index contributed by atoms with van der Waals surface area (Å²) in [4.78, 5) is 19.3. The number of ether oxygens (including phenoxy) is 1. The Morgan fingerprint density at radius 2 is 1.70 bits per heavy atom. The molecule has 7 nitrogen and oxygen atoms in total. The molecule has 0 N–H and O–H groups in total. The molecule has 1 amide bonds. The number of amides is 1. The van der Waals surface area contributed by atoms with E-state index in [0.29, 0.717) is 24.5 Å². The Labute approximate surface area is 242 Å². The van der Waals surface area contributed by atoms with Crippen molar-refractivity contribution in [2.24, 2.45) is 0 Å². The van der Waals surface area contributed by atoms with Crippen molar-refractivity contribution in [3.05, 3.63) is 81.5 Å². The second kappa shape index (κ2) is 11.3. The molecule has 0 radical (unpaired) electrons. The number of rotatable bonds is 6. The number of sulfonamides is 1. The summed E-state index contributed by atoms with van der Waals surface area (Å²) in [7, 11) is -1.99. The Balaban J connectivity index is 1.28. The molecular formula is C31H39N3O4S2.